The van der Waals surface area contributed by atoms with Gasteiger partial charge in [0.05, 0.1) is 17.8 Å². The van der Waals surface area contributed by atoms with Crippen LogP contribution in [0.25, 0.3) is 0 Å². The zero-order chi connectivity index (χ0) is 27.1. The minimum Gasteiger partial charge on any atom is -0.453 e. The summed E-state index contributed by atoms with van der Waals surface area (Å²) in [6, 6.07) is 1.55. The lowest BCUT2D eigenvalue weighted by molar-refractivity contribution is 0.0923. The first-order valence-corrected chi connectivity index (χ1v) is 13.4. The van der Waals surface area contributed by atoms with Crippen molar-refractivity contribution in [3.05, 3.63) is 56.2 Å². The van der Waals surface area contributed by atoms with E-state index in [4.69, 9.17) is 10.2 Å². The maximum Gasteiger partial charge on any atom is 0.410 e. The third kappa shape index (κ3) is 10.4. The highest BCUT2D eigenvalue weighted by atomic mass is 32.1. The number of nitrogens with two attached hydrogens (primary N) is 1. The van der Waals surface area contributed by atoms with Gasteiger partial charge >= 0.3 is 11.7 Å². The molecule has 2 aromatic rings. The average Bonchev–Trinajstić information content (AvgIpc) is 3.34. The first-order valence-electron chi connectivity index (χ1n) is 12.6. The second-order valence-electron chi connectivity index (χ2n) is 8.63. The molecule has 8 nitrogen and oxygen atoms in total. The molecule has 3 N–H and O–H groups in total. The second-order valence-corrected chi connectivity index (χ2v) is 9.83. The monoisotopic (exact) mass is 519 g/mol. The summed E-state index contributed by atoms with van der Waals surface area (Å²) in [7, 11) is 1.29. The molecule has 0 aromatic carbocycles. The lowest BCUT2D eigenvalue weighted by atomic mass is 9.96. The summed E-state index contributed by atoms with van der Waals surface area (Å²) >= 11 is 1.86. The van der Waals surface area contributed by atoms with Gasteiger partial charge in [0, 0.05) is 35.2 Å². The molecule has 0 saturated heterocycles. The van der Waals surface area contributed by atoms with Crippen molar-refractivity contribution in [2.24, 2.45) is 5.92 Å². The number of rotatable bonds is 12. The van der Waals surface area contributed by atoms with E-state index in [1.54, 1.807) is 19.1 Å². The van der Waals surface area contributed by atoms with Crippen molar-refractivity contribution in [2.45, 2.75) is 85.5 Å². The van der Waals surface area contributed by atoms with Crippen molar-refractivity contribution >= 4 is 28.9 Å². The number of hydrogen-bond donors (Lipinski definition) is 2. The van der Waals surface area contributed by atoms with Crippen LogP contribution in [-0.4, -0.2) is 24.0 Å². The van der Waals surface area contributed by atoms with Crippen LogP contribution in [0.4, 0.5) is 10.5 Å². The van der Waals surface area contributed by atoms with Crippen LogP contribution in [-0.2, 0) is 17.6 Å². The smallest absolute Gasteiger partial charge is 0.410 e. The molecule has 0 fully saturated rings. The lowest BCUT2D eigenvalue weighted by Crippen LogP contribution is -2.22. The van der Waals surface area contributed by atoms with Gasteiger partial charge in [0.15, 0.2) is 5.78 Å². The SMILES string of the molecule is CCC(C)C(=O)c1c(N)cc(C(C)CC/C=C/NC(=O)OC)oc1=O.CCCCc1ncc(CC)s1. The van der Waals surface area contributed by atoms with E-state index in [0.717, 1.165) is 6.42 Å². The Balaban J connectivity index is 0.000000488. The first kappa shape index (κ1) is 31.1. The fraction of sp³-hybridized carbons (Fsp3) is 0.556. The van der Waals surface area contributed by atoms with Crippen molar-refractivity contribution in [1.29, 1.82) is 0 Å². The molecule has 0 saturated carbocycles. The molecule has 9 heteroatoms. The Bertz CT molecular complexity index is 1040. The average molecular weight is 520 g/mol. The molecule has 2 atom stereocenters. The number of carbonyl (C=O) groups is 2. The van der Waals surface area contributed by atoms with Crippen molar-refractivity contribution in [1.82, 2.24) is 10.3 Å². The summed E-state index contributed by atoms with van der Waals surface area (Å²) in [6.07, 6.45) is 11.5. The number of thiazole rings is 1. The standard InChI is InChI=1S/C18H26N2O5.C9H15NS/c1-5-11(2)16(21)15-13(19)10-14(25-17(15)22)12(3)8-6-7-9-20-18(23)24-4;1-3-5-6-9-10-7-8(4-2)11-9/h7,9-12H,5-6,8,19H2,1-4H3,(H,20,23);7H,3-6H2,1-2H3/b9-7+;. The Kier molecular flexibility index (Phi) is 14.4. The number of anilines is 1. The molecule has 36 heavy (non-hydrogen) atoms. The van der Waals surface area contributed by atoms with Gasteiger partial charge in [-0.25, -0.2) is 14.6 Å². The van der Waals surface area contributed by atoms with Crippen LogP contribution in [0.3, 0.4) is 0 Å². The van der Waals surface area contributed by atoms with Gasteiger partial charge in [0.2, 0.25) is 0 Å². The number of aryl methyl sites for hydroxylation is 2. The number of carbonyl (C=O) groups excluding carboxylic acids is 2. The fourth-order valence-corrected chi connectivity index (χ4v) is 4.07. The molecule has 0 spiro atoms. The summed E-state index contributed by atoms with van der Waals surface area (Å²) in [5.74, 6) is -0.186. The number of methoxy groups -OCH3 is 1. The molecule has 0 bridgehead atoms. The Hall–Kier alpha value is -2.94. The number of nitrogens with one attached hydrogen (secondary N) is 1. The number of Topliss-reactive ketones (excluding diaryl/α,β-unsaturated/α-hetero) is 1. The Morgan fingerprint density at radius 1 is 1.28 bits per heavy atom. The molecule has 0 aliphatic rings. The number of allylic oxidation sites excluding steroid dienone is 1. The van der Waals surface area contributed by atoms with E-state index < -0.39 is 11.7 Å². The zero-order valence-corrected chi connectivity index (χ0v) is 23.2. The number of ether oxygens (including phenoxy) is 1. The predicted molar refractivity (Wildman–Crippen MR) is 146 cm³/mol. The predicted octanol–water partition coefficient (Wildman–Crippen LogP) is 6.25. The number of hydrogen-bond acceptors (Lipinski definition) is 8. The molecular weight excluding hydrogens is 478 g/mol. The number of amides is 1. The van der Waals surface area contributed by atoms with Gasteiger partial charge in [-0.2, -0.15) is 0 Å². The molecule has 2 heterocycles. The first-order chi connectivity index (χ1) is 17.2. The third-order valence-corrected chi connectivity index (χ3v) is 6.96. The van der Waals surface area contributed by atoms with E-state index >= 15 is 0 Å². The van der Waals surface area contributed by atoms with Gasteiger partial charge in [-0.3, -0.25) is 10.1 Å². The number of alkyl carbamates (subject to hydrolysis) is 1. The molecule has 2 aromatic heterocycles. The van der Waals surface area contributed by atoms with Crippen molar-refractivity contribution < 1.29 is 18.7 Å². The molecule has 2 unspecified atom stereocenters. The van der Waals surface area contributed by atoms with Crippen LogP contribution in [0.2, 0.25) is 0 Å². The Labute approximate surface area is 218 Å². The summed E-state index contributed by atoms with van der Waals surface area (Å²) in [6.45, 7) is 9.92. The maximum atomic E-state index is 12.2. The topological polar surface area (TPSA) is 125 Å². The normalized spacial score (nSPS) is 12.5. The van der Waals surface area contributed by atoms with Crippen LogP contribution in [0.1, 0.15) is 98.6 Å². The fourth-order valence-electron chi connectivity index (χ4n) is 3.16. The van der Waals surface area contributed by atoms with Gasteiger partial charge in [0.1, 0.15) is 11.3 Å². The third-order valence-electron chi connectivity index (χ3n) is 5.76. The van der Waals surface area contributed by atoms with Crippen LogP contribution in [0.15, 0.2) is 33.8 Å². The molecule has 0 aliphatic heterocycles. The van der Waals surface area contributed by atoms with E-state index in [9.17, 15) is 14.4 Å². The van der Waals surface area contributed by atoms with Crippen molar-refractivity contribution in [2.75, 3.05) is 12.8 Å². The largest absolute Gasteiger partial charge is 0.453 e. The number of nitrogens with zero attached hydrogens (tertiary/aromatic N) is 1. The molecule has 0 aliphatic carbocycles. The number of aromatic nitrogens is 1. The highest BCUT2D eigenvalue weighted by Gasteiger charge is 2.22. The molecule has 0 radical (unpaired) electrons. The van der Waals surface area contributed by atoms with Gasteiger partial charge in [-0.15, -0.1) is 11.3 Å². The van der Waals surface area contributed by atoms with E-state index in [1.165, 1.54) is 42.5 Å². The van der Waals surface area contributed by atoms with E-state index in [1.807, 2.05) is 31.4 Å². The van der Waals surface area contributed by atoms with Crippen LogP contribution < -0.4 is 16.7 Å². The van der Waals surface area contributed by atoms with Crippen LogP contribution in [0.5, 0.6) is 0 Å². The lowest BCUT2D eigenvalue weighted by Gasteiger charge is -2.13. The quantitative estimate of drug-likeness (QED) is 0.317. The highest BCUT2D eigenvalue weighted by Crippen LogP contribution is 2.24. The highest BCUT2D eigenvalue weighted by molar-refractivity contribution is 7.11. The Morgan fingerprint density at radius 2 is 2.00 bits per heavy atom. The van der Waals surface area contributed by atoms with Gasteiger partial charge in [-0.1, -0.05) is 47.1 Å². The van der Waals surface area contributed by atoms with E-state index in [0.29, 0.717) is 25.0 Å². The Morgan fingerprint density at radius 3 is 2.56 bits per heavy atom. The molecule has 1 amide bonds. The maximum absolute atomic E-state index is 12.2. The number of ketones is 1. The second kappa shape index (κ2) is 16.7. The van der Waals surface area contributed by atoms with Crippen LogP contribution >= 0.6 is 11.3 Å². The van der Waals surface area contributed by atoms with E-state index in [2.05, 4.69) is 28.9 Å². The van der Waals surface area contributed by atoms with E-state index in [-0.39, 0.29) is 28.9 Å². The minimum absolute atomic E-state index is 0.0625. The van der Waals surface area contributed by atoms with Gasteiger partial charge in [-0.05, 0) is 38.5 Å². The summed E-state index contributed by atoms with van der Waals surface area (Å²) in [5, 5.41) is 3.74. The summed E-state index contributed by atoms with van der Waals surface area (Å²) in [5.41, 5.74) is 5.33. The molecule has 2 rings (SSSR count). The van der Waals surface area contributed by atoms with Crippen molar-refractivity contribution in [3.8, 4) is 0 Å². The van der Waals surface area contributed by atoms with Crippen molar-refractivity contribution in [3.63, 3.8) is 0 Å². The minimum atomic E-state index is -0.685. The number of unbranched alkanes of at least 4 members (excludes halogenated alkanes) is 1. The van der Waals surface area contributed by atoms with Gasteiger partial charge in [0.25, 0.3) is 0 Å². The zero-order valence-electron chi connectivity index (χ0n) is 22.4. The number of nitrogen functional groups attached to an aromatic ring is 1. The summed E-state index contributed by atoms with van der Waals surface area (Å²) < 4.78 is 9.75. The molecular formula is C27H41N3O5S. The molecule has 200 valence electrons. The van der Waals surface area contributed by atoms with Gasteiger partial charge < -0.3 is 14.9 Å². The van der Waals surface area contributed by atoms with Crippen LogP contribution in [0, 0.1) is 5.92 Å². The summed E-state index contributed by atoms with van der Waals surface area (Å²) in [4.78, 5) is 41.0.